The van der Waals surface area contributed by atoms with Crippen LogP contribution in [-0.2, 0) is 14.8 Å². The molecular weight excluding hydrogens is 418 g/mol. The molecule has 1 aliphatic rings. The minimum absolute atomic E-state index is 0.141. The van der Waals surface area contributed by atoms with Crippen LogP contribution in [0.5, 0.6) is 5.75 Å². The zero-order valence-corrected chi connectivity index (χ0v) is 18.3. The second-order valence-corrected chi connectivity index (χ2v) is 9.09. The van der Waals surface area contributed by atoms with Gasteiger partial charge in [-0.05, 0) is 50.1 Å². The number of hydrogen-bond donors (Lipinski definition) is 2. The third kappa shape index (κ3) is 5.83. The fourth-order valence-corrected chi connectivity index (χ4v) is 4.95. The standard InChI is InChI=1S/C22H27N3O5S/c1-2-30-20-12-5-4-11-19(20)22(27)23-16-21(26)24-17-9-8-10-18(15-17)31(28,29)25-13-6-3-7-14-25/h4-5,8-12,15H,2-3,6-7,13-14,16H2,1H3,(H,23,27)(H,24,26). The van der Waals surface area contributed by atoms with Crippen LogP contribution >= 0.6 is 0 Å². The number of benzene rings is 2. The van der Waals surface area contributed by atoms with Gasteiger partial charge in [-0.3, -0.25) is 9.59 Å². The van der Waals surface area contributed by atoms with Gasteiger partial charge in [0.15, 0.2) is 0 Å². The fraction of sp³-hybridized carbons (Fsp3) is 0.364. The van der Waals surface area contributed by atoms with Crippen molar-refractivity contribution >= 4 is 27.5 Å². The summed E-state index contributed by atoms with van der Waals surface area (Å²) >= 11 is 0. The van der Waals surface area contributed by atoms with Gasteiger partial charge in [-0.1, -0.05) is 24.6 Å². The molecule has 3 rings (SSSR count). The average molecular weight is 446 g/mol. The van der Waals surface area contributed by atoms with Crippen molar-refractivity contribution < 1.29 is 22.7 Å². The van der Waals surface area contributed by atoms with Crippen LogP contribution in [0.3, 0.4) is 0 Å². The monoisotopic (exact) mass is 445 g/mol. The molecule has 1 aliphatic heterocycles. The summed E-state index contributed by atoms with van der Waals surface area (Å²) in [5, 5.41) is 5.19. The molecule has 1 saturated heterocycles. The SMILES string of the molecule is CCOc1ccccc1C(=O)NCC(=O)Nc1cccc(S(=O)(=O)N2CCCCC2)c1. The van der Waals surface area contributed by atoms with Gasteiger partial charge in [0.1, 0.15) is 5.75 Å². The van der Waals surface area contributed by atoms with Crippen molar-refractivity contribution in [1.29, 1.82) is 0 Å². The molecule has 0 aliphatic carbocycles. The molecule has 166 valence electrons. The van der Waals surface area contributed by atoms with Crippen LogP contribution in [0.15, 0.2) is 53.4 Å². The second kappa shape index (κ2) is 10.4. The van der Waals surface area contributed by atoms with Crippen LogP contribution in [0, 0.1) is 0 Å². The van der Waals surface area contributed by atoms with E-state index < -0.39 is 21.8 Å². The molecule has 0 spiro atoms. The maximum absolute atomic E-state index is 12.8. The molecule has 0 radical (unpaired) electrons. The summed E-state index contributed by atoms with van der Waals surface area (Å²) in [5.41, 5.74) is 0.693. The Morgan fingerprint density at radius 3 is 2.52 bits per heavy atom. The third-order valence-electron chi connectivity index (χ3n) is 4.91. The van der Waals surface area contributed by atoms with Crippen molar-refractivity contribution in [2.24, 2.45) is 0 Å². The smallest absolute Gasteiger partial charge is 0.255 e. The van der Waals surface area contributed by atoms with Crippen molar-refractivity contribution in [1.82, 2.24) is 9.62 Å². The summed E-state index contributed by atoms with van der Waals surface area (Å²) in [6.07, 6.45) is 2.73. The number of nitrogens with zero attached hydrogens (tertiary/aromatic N) is 1. The largest absolute Gasteiger partial charge is 0.493 e. The van der Waals surface area contributed by atoms with E-state index in [1.165, 1.54) is 16.4 Å². The number of hydrogen-bond acceptors (Lipinski definition) is 5. The lowest BCUT2D eigenvalue weighted by atomic mass is 10.2. The predicted molar refractivity (Wildman–Crippen MR) is 118 cm³/mol. The van der Waals surface area contributed by atoms with Crippen molar-refractivity contribution in [2.75, 3.05) is 31.6 Å². The first-order valence-corrected chi connectivity index (χ1v) is 11.8. The summed E-state index contributed by atoms with van der Waals surface area (Å²) < 4.78 is 32.6. The summed E-state index contributed by atoms with van der Waals surface area (Å²) in [4.78, 5) is 24.8. The molecule has 0 bridgehead atoms. The molecule has 1 heterocycles. The minimum Gasteiger partial charge on any atom is -0.493 e. The Kier molecular flexibility index (Phi) is 7.64. The molecular formula is C22H27N3O5S. The number of rotatable bonds is 8. The van der Waals surface area contributed by atoms with Gasteiger partial charge in [0, 0.05) is 18.8 Å². The lowest BCUT2D eigenvalue weighted by Gasteiger charge is -2.26. The van der Waals surface area contributed by atoms with Gasteiger partial charge in [-0.25, -0.2) is 8.42 Å². The molecule has 0 atom stereocenters. The van der Waals surface area contributed by atoms with Gasteiger partial charge in [0.05, 0.1) is 23.6 Å². The number of sulfonamides is 1. The second-order valence-electron chi connectivity index (χ2n) is 7.15. The van der Waals surface area contributed by atoms with Gasteiger partial charge < -0.3 is 15.4 Å². The Morgan fingerprint density at radius 2 is 1.77 bits per heavy atom. The molecule has 0 saturated carbocycles. The van der Waals surface area contributed by atoms with E-state index in [1.807, 2.05) is 6.92 Å². The van der Waals surface area contributed by atoms with Crippen LogP contribution in [0.1, 0.15) is 36.5 Å². The molecule has 2 aromatic carbocycles. The first-order valence-electron chi connectivity index (χ1n) is 10.3. The normalized spacial score (nSPS) is 14.6. The van der Waals surface area contributed by atoms with Gasteiger partial charge in [0.25, 0.3) is 5.91 Å². The van der Waals surface area contributed by atoms with Crippen LogP contribution in [-0.4, -0.2) is 50.8 Å². The number of piperidine rings is 1. The molecule has 1 fully saturated rings. The maximum atomic E-state index is 12.8. The molecule has 31 heavy (non-hydrogen) atoms. The first kappa shape index (κ1) is 22.8. The highest BCUT2D eigenvalue weighted by Gasteiger charge is 2.26. The van der Waals surface area contributed by atoms with Crippen molar-refractivity contribution in [3.8, 4) is 5.75 Å². The molecule has 2 aromatic rings. The lowest BCUT2D eigenvalue weighted by Crippen LogP contribution is -2.35. The van der Waals surface area contributed by atoms with E-state index in [9.17, 15) is 18.0 Å². The van der Waals surface area contributed by atoms with Crippen molar-refractivity contribution in [3.05, 3.63) is 54.1 Å². The number of carbonyl (C=O) groups excluding carboxylic acids is 2. The van der Waals surface area contributed by atoms with E-state index in [0.717, 1.165) is 19.3 Å². The topological polar surface area (TPSA) is 105 Å². The molecule has 2 amide bonds. The highest BCUT2D eigenvalue weighted by atomic mass is 32.2. The number of carbonyl (C=O) groups is 2. The fourth-order valence-electron chi connectivity index (χ4n) is 3.39. The zero-order valence-electron chi connectivity index (χ0n) is 17.5. The zero-order chi connectivity index (χ0) is 22.3. The summed E-state index contributed by atoms with van der Waals surface area (Å²) in [5.74, 6) is -0.450. The van der Waals surface area contributed by atoms with E-state index in [1.54, 1.807) is 36.4 Å². The van der Waals surface area contributed by atoms with E-state index in [-0.39, 0.29) is 11.4 Å². The summed E-state index contributed by atoms with van der Waals surface area (Å²) in [6.45, 7) is 2.99. The Balaban J connectivity index is 1.61. The van der Waals surface area contributed by atoms with Crippen LogP contribution in [0.25, 0.3) is 0 Å². The lowest BCUT2D eigenvalue weighted by molar-refractivity contribution is -0.115. The summed E-state index contributed by atoms with van der Waals surface area (Å²) in [6, 6.07) is 12.9. The van der Waals surface area contributed by atoms with Crippen LogP contribution in [0.2, 0.25) is 0 Å². The van der Waals surface area contributed by atoms with Crippen LogP contribution in [0.4, 0.5) is 5.69 Å². The van der Waals surface area contributed by atoms with Gasteiger partial charge in [-0.2, -0.15) is 4.31 Å². The highest BCUT2D eigenvalue weighted by molar-refractivity contribution is 7.89. The van der Waals surface area contributed by atoms with Gasteiger partial charge >= 0.3 is 0 Å². The first-order chi connectivity index (χ1) is 14.9. The molecule has 9 heteroatoms. The average Bonchev–Trinajstić information content (AvgIpc) is 2.79. The minimum atomic E-state index is -3.59. The quantitative estimate of drug-likeness (QED) is 0.650. The Bertz CT molecular complexity index is 1030. The molecule has 2 N–H and O–H groups in total. The number of nitrogens with one attached hydrogen (secondary N) is 2. The third-order valence-corrected chi connectivity index (χ3v) is 6.81. The van der Waals surface area contributed by atoms with Crippen molar-refractivity contribution in [2.45, 2.75) is 31.1 Å². The van der Waals surface area contributed by atoms with E-state index >= 15 is 0 Å². The number of para-hydroxylation sites is 1. The van der Waals surface area contributed by atoms with Crippen molar-refractivity contribution in [3.63, 3.8) is 0 Å². The number of anilines is 1. The highest BCUT2D eigenvalue weighted by Crippen LogP contribution is 2.23. The molecule has 8 nitrogen and oxygen atoms in total. The Labute approximate surface area is 182 Å². The van der Waals surface area contributed by atoms with Gasteiger partial charge in [0.2, 0.25) is 15.9 Å². The van der Waals surface area contributed by atoms with E-state index in [4.69, 9.17) is 4.74 Å². The Hall–Kier alpha value is -2.91. The molecule has 0 aromatic heterocycles. The van der Waals surface area contributed by atoms with Gasteiger partial charge in [-0.15, -0.1) is 0 Å². The van der Waals surface area contributed by atoms with E-state index in [2.05, 4.69) is 10.6 Å². The number of amides is 2. The Morgan fingerprint density at radius 1 is 1.03 bits per heavy atom. The molecule has 0 unspecified atom stereocenters. The van der Waals surface area contributed by atoms with E-state index in [0.29, 0.717) is 36.7 Å². The van der Waals surface area contributed by atoms with Crippen LogP contribution < -0.4 is 15.4 Å². The number of ether oxygens (including phenoxy) is 1. The predicted octanol–water partition coefficient (Wildman–Crippen LogP) is 2.63. The maximum Gasteiger partial charge on any atom is 0.255 e. The summed E-state index contributed by atoms with van der Waals surface area (Å²) in [7, 11) is -3.59.